The number of amides is 1. The number of pyridine rings is 1. The fourth-order valence-corrected chi connectivity index (χ4v) is 3.57. The van der Waals surface area contributed by atoms with Crippen LogP contribution in [-0.2, 0) is 0 Å². The molecule has 36 heavy (non-hydrogen) atoms. The van der Waals surface area contributed by atoms with E-state index in [2.05, 4.69) is 30.2 Å². The molecule has 178 valence electrons. The molecular weight excluding hydrogens is 450 g/mol. The first-order chi connectivity index (χ1) is 19.9. The smallest absolute Gasteiger partial charge is 0.255 e. The number of rotatable bonds is 5. The largest absolute Gasteiger partial charge is 0.323 e. The molecule has 8 nitrogen and oxygen atoms in total. The molecule has 0 bridgehead atoms. The quantitative estimate of drug-likeness (QED) is 0.366. The van der Waals surface area contributed by atoms with E-state index in [1.807, 2.05) is 42.8 Å². The maximum Gasteiger partial charge on any atom is 0.255 e. The van der Waals surface area contributed by atoms with E-state index in [9.17, 15) is 4.79 Å². The normalized spacial score (nSPS) is 13.8. The molecule has 0 radical (unpaired) electrons. The third kappa shape index (κ3) is 5.12. The van der Waals surface area contributed by atoms with E-state index >= 15 is 0 Å². The Bertz CT molecular complexity index is 1950. The molecule has 0 aliphatic rings. The first kappa shape index (κ1) is 16.7. The summed E-state index contributed by atoms with van der Waals surface area (Å²) >= 11 is 0. The van der Waals surface area contributed by atoms with E-state index < -0.39 is 36.6 Å². The Hall–Kier alpha value is -4.85. The van der Waals surface area contributed by atoms with Gasteiger partial charge < -0.3 is 14.9 Å². The molecule has 0 aliphatic heterocycles. The molecular formula is C28H25N7O. The second-order valence-corrected chi connectivity index (χ2v) is 8.18. The van der Waals surface area contributed by atoms with Crippen molar-refractivity contribution in [1.82, 2.24) is 24.5 Å². The highest BCUT2D eigenvalue weighted by atomic mass is 16.1. The zero-order valence-electron chi connectivity index (χ0n) is 25.8. The number of imidazole rings is 1. The summed E-state index contributed by atoms with van der Waals surface area (Å²) in [6.45, 7) is 5.62. The highest BCUT2D eigenvalue weighted by molar-refractivity contribution is 6.05. The molecule has 3 aromatic heterocycles. The molecule has 0 atom stereocenters. The number of aromatic amines is 1. The van der Waals surface area contributed by atoms with Gasteiger partial charge in [0, 0.05) is 47.2 Å². The van der Waals surface area contributed by atoms with Crippen molar-refractivity contribution in [3.63, 3.8) is 0 Å². The van der Waals surface area contributed by atoms with E-state index in [4.69, 9.17) is 8.22 Å². The van der Waals surface area contributed by atoms with Gasteiger partial charge in [0.1, 0.15) is 0 Å². The lowest BCUT2D eigenvalue weighted by Gasteiger charge is -2.11. The van der Waals surface area contributed by atoms with Crippen LogP contribution in [0.25, 0.3) is 16.9 Å². The summed E-state index contributed by atoms with van der Waals surface area (Å²) in [4.78, 5) is 32.4. The standard InChI is InChI=1S/C28H25N7O/c1-18-11-23(14-24(12-18)35-16-20(3)31-17-35)32-27(36)21-7-6-19(2)26(13-21)34-28-30-10-8-25(33-28)22-5-4-9-29-15-22/h4-17H,1-3H3,(H,32,36)(H,30,33,34)/i4D,5D,8D,9D,10D,15D. The zero-order valence-corrected chi connectivity index (χ0v) is 19.8. The van der Waals surface area contributed by atoms with Gasteiger partial charge in [-0.05, 0) is 80.4 Å². The Morgan fingerprint density at radius 3 is 2.81 bits per heavy atom. The number of benzene rings is 2. The topological polar surface area (TPSA) is 101 Å². The highest BCUT2D eigenvalue weighted by Crippen LogP contribution is 2.23. The minimum Gasteiger partial charge on any atom is -0.323 e. The lowest BCUT2D eigenvalue weighted by molar-refractivity contribution is 0.102. The molecule has 0 saturated heterocycles. The van der Waals surface area contributed by atoms with Crippen LogP contribution in [0, 0.1) is 20.8 Å². The third-order valence-electron chi connectivity index (χ3n) is 5.32. The van der Waals surface area contributed by atoms with Gasteiger partial charge in [0.25, 0.3) is 5.91 Å². The van der Waals surface area contributed by atoms with E-state index in [0.717, 1.165) is 16.9 Å². The van der Waals surface area contributed by atoms with Crippen molar-refractivity contribution < 1.29 is 13.0 Å². The third-order valence-corrected chi connectivity index (χ3v) is 5.32. The van der Waals surface area contributed by atoms with Gasteiger partial charge in [0.15, 0.2) is 0 Å². The minimum atomic E-state index is -0.533. The van der Waals surface area contributed by atoms with Gasteiger partial charge in [-0.15, -0.1) is 0 Å². The molecule has 0 fully saturated rings. The van der Waals surface area contributed by atoms with Crippen LogP contribution in [-0.4, -0.2) is 30.4 Å². The monoisotopic (exact) mass is 481 g/mol. The zero-order chi connectivity index (χ0) is 30.3. The van der Waals surface area contributed by atoms with Gasteiger partial charge in [-0.25, -0.2) is 15.0 Å². The summed E-state index contributed by atoms with van der Waals surface area (Å²) < 4.78 is 50.2. The van der Waals surface area contributed by atoms with Gasteiger partial charge in [-0.1, -0.05) is 6.07 Å². The summed E-state index contributed by atoms with van der Waals surface area (Å²) in [6.07, 6.45) is 2.10. The first-order valence-electron chi connectivity index (χ1n) is 14.0. The minimum absolute atomic E-state index is 0.106. The van der Waals surface area contributed by atoms with Crippen molar-refractivity contribution in [2.24, 2.45) is 4.99 Å². The van der Waals surface area contributed by atoms with Crippen molar-refractivity contribution in [3.8, 4) is 16.9 Å². The Labute approximate surface area is 216 Å². The van der Waals surface area contributed by atoms with E-state index in [0.29, 0.717) is 22.5 Å². The van der Waals surface area contributed by atoms with Crippen molar-refractivity contribution >= 4 is 17.3 Å². The number of anilines is 1. The van der Waals surface area contributed by atoms with Crippen LogP contribution < -0.4 is 10.9 Å². The number of hydrogen-bond acceptors (Lipinski definition) is 5. The van der Waals surface area contributed by atoms with Crippen LogP contribution in [0.15, 0.2) is 90.6 Å². The van der Waals surface area contributed by atoms with E-state index in [1.165, 1.54) is 0 Å². The number of hydrogen-bond donors (Lipinski definition) is 2. The molecule has 2 N–H and O–H groups in total. The average molecular weight is 482 g/mol. The molecule has 0 unspecified atom stereocenters. The van der Waals surface area contributed by atoms with Crippen molar-refractivity contribution in [3.05, 3.63) is 114 Å². The second-order valence-electron chi connectivity index (χ2n) is 8.18. The number of H-pyrrole nitrogens is 1. The lowest BCUT2D eigenvalue weighted by Crippen LogP contribution is -2.14. The number of carbonyl (C=O) groups is 1. The highest BCUT2D eigenvalue weighted by Gasteiger charge is 2.10. The molecule has 0 spiro atoms. The Balaban J connectivity index is 1.51. The first-order valence-corrected chi connectivity index (χ1v) is 11.0. The van der Waals surface area contributed by atoms with E-state index in [-0.39, 0.29) is 22.8 Å². The maximum atomic E-state index is 13.2. The summed E-state index contributed by atoms with van der Waals surface area (Å²) in [5.41, 5.74) is 4.21. The number of nitrogens with one attached hydrogen (secondary N) is 2. The van der Waals surface area contributed by atoms with Crippen molar-refractivity contribution in [1.29, 1.82) is 0 Å². The number of aryl methyl sites for hydroxylation is 3. The lowest BCUT2D eigenvalue weighted by atomic mass is 10.1. The molecule has 0 saturated carbocycles. The molecule has 2 aromatic carbocycles. The molecule has 0 aliphatic carbocycles. The molecule has 5 aromatic rings. The molecule has 8 heteroatoms. The predicted octanol–water partition coefficient (Wildman–Crippen LogP) is 5.07. The Morgan fingerprint density at radius 2 is 1.97 bits per heavy atom. The van der Waals surface area contributed by atoms with Crippen molar-refractivity contribution in [2.45, 2.75) is 20.8 Å². The Morgan fingerprint density at radius 1 is 1.08 bits per heavy atom. The predicted molar refractivity (Wildman–Crippen MR) is 139 cm³/mol. The van der Waals surface area contributed by atoms with Crippen LogP contribution in [0.5, 0.6) is 0 Å². The number of carbonyl (C=O) groups excluding carboxylic acids is 1. The van der Waals surface area contributed by atoms with Gasteiger partial charge in [-0.3, -0.25) is 9.78 Å². The van der Waals surface area contributed by atoms with Crippen molar-refractivity contribution in [2.75, 3.05) is 5.32 Å². The summed E-state index contributed by atoms with van der Waals surface area (Å²) in [6, 6.07) is 9.23. The summed E-state index contributed by atoms with van der Waals surface area (Å²) in [5.74, 6) is -0.368. The molecule has 3 heterocycles. The number of nitrogens with zero attached hydrogens (tertiary/aromatic N) is 5. The van der Waals surface area contributed by atoms with Crippen LogP contribution in [0.2, 0.25) is 0 Å². The van der Waals surface area contributed by atoms with Gasteiger partial charge in [0.2, 0.25) is 5.62 Å². The SMILES string of the molecule is [2H]c1nc(=Nc2cc(C(=O)Nc3cc(C)cc(-n4cnc(C)c4)c3)ccc2C)[nH]c(-c2c([2H])nc([2H])c([2H])c2[2H])c1[2H]. The van der Waals surface area contributed by atoms with Crippen LogP contribution in [0.1, 0.15) is 35.4 Å². The maximum absolute atomic E-state index is 13.2. The summed E-state index contributed by atoms with van der Waals surface area (Å²) in [5, 5.41) is 2.92. The Kier molecular flexibility index (Phi) is 4.55. The molecule has 1 amide bonds. The van der Waals surface area contributed by atoms with Crippen LogP contribution in [0.3, 0.4) is 0 Å². The number of aromatic nitrogens is 5. The molecule has 5 rings (SSSR count). The van der Waals surface area contributed by atoms with Gasteiger partial charge in [-0.2, -0.15) is 0 Å². The van der Waals surface area contributed by atoms with Crippen LogP contribution in [0.4, 0.5) is 11.4 Å². The van der Waals surface area contributed by atoms with Gasteiger partial charge >= 0.3 is 0 Å². The average Bonchev–Trinajstić information content (AvgIpc) is 3.37. The van der Waals surface area contributed by atoms with Gasteiger partial charge in [0.05, 0.1) is 31.6 Å². The fraction of sp³-hybridized carbons (Fsp3) is 0.107. The fourth-order valence-electron chi connectivity index (χ4n) is 3.57. The summed E-state index contributed by atoms with van der Waals surface area (Å²) in [7, 11) is 0. The second kappa shape index (κ2) is 9.79. The van der Waals surface area contributed by atoms with Crippen LogP contribution >= 0.6 is 0 Å². The van der Waals surface area contributed by atoms with E-state index in [1.54, 1.807) is 31.5 Å².